The number of carbonyl (C=O) groups is 4. The number of benzene rings is 1. The van der Waals surface area contributed by atoms with Crippen LogP contribution in [-0.4, -0.2) is 88.6 Å². The highest BCUT2D eigenvalue weighted by Crippen LogP contribution is 2.26. The summed E-state index contributed by atoms with van der Waals surface area (Å²) in [5.74, 6) is -2.65. The normalized spacial score (nSPS) is 19.6. The lowest BCUT2D eigenvalue weighted by Gasteiger charge is -2.34. The van der Waals surface area contributed by atoms with Crippen LogP contribution < -0.4 is 16.5 Å². The number of carbonyl (C=O) groups excluding carboxylic acids is 3. The maximum atomic E-state index is 12.2. The van der Waals surface area contributed by atoms with E-state index in [2.05, 4.69) is 28.7 Å². The number of aryl methyl sites for hydroxylation is 1. The smallest absolute Gasteiger partial charge is 0.318 e. The average molecular weight is 614 g/mol. The van der Waals surface area contributed by atoms with Crippen LogP contribution in [0.1, 0.15) is 51.8 Å². The number of aliphatic hydroxyl groups excluding tert-OH is 1. The molecule has 2 saturated heterocycles. The monoisotopic (exact) mass is 613 g/mol. The van der Waals surface area contributed by atoms with E-state index in [-0.39, 0.29) is 31.8 Å². The lowest BCUT2D eigenvalue weighted by atomic mass is 9.88. The van der Waals surface area contributed by atoms with Crippen LogP contribution in [0.15, 0.2) is 36.4 Å². The Morgan fingerprint density at radius 1 is 1.18 bits per heavy atom. The highest BCUT2D eigenvalue weighted by atomic mass is 16.7. The van der Waals surface area contributed by atoms with Crippen LogP contribution in [0.25, 0.3) is 17.0 Å². The molecule has 3 unspecified atom stereocenters. The quantitative estimate of drug-likeness (QED) is 0.276. The fourth-order valence-corrected chi connectivity index (χ4v) is 4.62. The van der Waals surface area contributed by atoms with Gasteiger partial charge in [0.1, 0.15) is 30.4 Å². The molecule has 6 N–H and O–H groups in total. The van der Waals surface area contributed by atoms with Gasteiger partial charge >= 0.3 is 5.97 Å². The van der Waals surface area contributed by atoms with Crippen LogP contribution in [0.4, 0.5) is 0 Å². The molecule has 3 amide bonds. The van der Waals surface area contributed by atoms with Gasteiger partial charge in [-0.05, 0) is 49.8 Å². The number of carboxylic acid groups (broad SMARTS) is 1. The van der Waals surface area contributed by atoms with Crippen LogP contribution >= 0.6 is 0 Å². The summed E-state index contributed by atoms with van der Waals surface area (Å²) >= 11 is 0. The molecule has 2 aromatic rings. The number of nitrogens with two attached hydrogens (primary N) is 1. The molecule has 13 heteroatoms. The van der Waals surface area contributed by atoms with Crippen LogP contribution in [0.3, 0.4) is 0 Å². The van der Waals surface area contributed by atoms with E-state index in [0.717, 1.165) is 28.6 Å². The first kappa shape index (κ1) is 34.6. The highest BCUT2D eigenvalue weighted by Gasteiger charge is 2.39. The molecule has 240 valence electrons. The molecule has 0 bridgehead atoms. The Morgan fingerprint density at radius 3 is 2.48 bits per heavy atom. The van der Waals surface area contributed by atoms with Crippen LogP contribution in [0, 0.1) is 11.3 Å². The second-order valence-electron chi connectivity index (χ2n) is 11.4. The van der Waals surface area contributed by atoms with E-state index in [4.69, 9.17) is 15.2 Å². The lowest BCUT2D eigenvalue weighted by molar-refractivity contribution is -0.180. The van der Waals surface area contributed by atoms with E-state index < -0.39 is 41.4 Å². The number of hydrogen-bond acceptors (Lipinski definition) is 9. The molecule has 0 saturated carbocycles. The summed E-state index contributed by atoms with van der Waals surface area (Å²) in [7, 11) is 0. The van der Waals surface area contributed by atoms with E-state index >= 15 is 0 Å². The Balaban J connectivity index is 0.000000242. The van der Waals surface area contributed by atoms with Crippen molar-refractivity contribution in [3.63, 3.8) is 0 Å². The Bertz CT molecular complexity index is 1360. The Labute approximate surface area is 256 Å². The zero-order valence-corrected chi connectivity index (χ0v) is 25.6. The molecule has 0 spiro atoms. The van der Waals surface area contributed by atoms with Crippen LogP contribution in [0.2, 0.25) is 0 Å². The molecule has 3 heterocycles. The van der Waals surface area contributed by atoms with Gasteiger partial charge in [0.05, 0.1) is 18.7 Å². The molecule has 44 heavy (non-hydrogen) atoms. The number of hydrazine groups is 1. The molecule has 0 radical (unpaired) electrons. The number of hydrogen-bond donors (Lipinski definition) is 5. The molecule has 13 nitrogen and oxygen atoms in total. The number of amides is 3. The summed E-state index contributed by atoms with van der Waals surface area (Å²) in [6, 6.07) is 8.60. The van der Waals surface area contributed by atoms with Gasteiger partial charge in [-0.15, -0.1) is 0 Å². The number of rotatable bonds is 9. The minimum absolute atomic E-state index is 0.116. The van der Waals surface area contributed by atoms with E-state index in [9.17, 15) is 29.4 Å². The van der Waals surface area contributed by atoms with Crippen molar-refractivity contribution < 1.29 is 38.9 Å². The number of aliphatic carboxylic acids is 1. The molecule has 0 aliphatic carbocycles. The zero-order valence-electron chi connectivity index (χ0n) is 25.6. The molecule has 3 atom stereocenters. The van der Waals surface area contributed by atoms with Crippen molar-refractivity contribution in [1.29, 1.82) is 0 Å². The van der Waals surface area contributed by atoms with Gasteiger partial charge in [-0.2, -0.15) is 0 Å². The predicted molar refractivity (Wildman–Crippen MR) is 163 cm³/mol. The SMILES string of the molecule is CC(NC(=O)C(O)C(C)C)C(=O)N1CCCC(C(N)=O)N1.CCc1ccc2ccc(/C=C/C3(C(=O)O)COCOC3)cc2n1. The van der Waals surface area contributed by atoms with E-state index in [1.54, 1.807) is 26.0 Å². The van der Waals surface area contributed by atoms with Gasteiger partial charge in [0.15, 0.2) is 0 Å². The van der Waals surface area contributed by atoms with Crippen LogP contribution in [0.5, 0.6) is 0 Å². The lowest BCUT2D eigenvalue weighted by Crippen LogP contribution is -2.60. The number of carboxylic acids is 1. The van der Waals surface area contributed by atoms with Gasteiger partial charge < -0.3 is 30.7 Å². The van der Waals surface area contributed by atoms with Gasteiger partial charge in [0, 0.05) is 17.6 Å². The number of primary amides is 1. The Hall–Kier alpha value is -3.91. The van der Waals surface area contributed by atoms with Crippen molar-refractivity contribution in [3.8, 4) is 0 Å². The third-order valence-electron chi connectivity index (χ3n) is 7.47. The van der Waals surface area contributed by atoms with Gasteiger partial charge in [0.25, 0.3) is 5.91 Å². The first-order valence-electron chi connectivity index (χ1n) is 14.7. The Morgan fingerprint density at radius 2 is 1.86 bits per heavy atom. The summed E-state index contributed by atoms with van der Waals surface area (Å²) in [6.45, 7) is 7.83. The summed E-state index contributed by atoms with van der Waals surface area (Å²) in [4.78, 5) is 51.3. The van der Waals surface area contributed by atoms with Crippen molar-refractivity contribution in [2.45, 2.75) is 65.1 Å². The van der Waals surface area contributed by atoms with Crippen molar-refractivity contribution in [3.05, 3.63) is 47.7 Å². The summed E-state index contributed by atoms with van der Waals surface area (Å²) in [6.07, 6.45) is 4.40. The van der Waals surface area contributed by atoms with E-state index in [1.165, 1.54) is 11.9 Å². The number of aliphatic hydroxyl groups is 1. The number of nitrogens with zero attached hydrogens (tertiary/aromatic N) is 2. The van der Waals surface area contributed by atoms with E-state index in [0.29, 0.717) is 19.4 Å². The molecule has 2 aliphatic rings. The van der Waals surface area contributed by atoms with Crippen LogP contribution in [-0.2, 0) is 35.1 Å². The Kier molecular flexibility index (Phi) is 12.3. The standard InChI is InChI=1S/C18H19NO4.C13H24N4O4/c1-2-15-6-5-14-4-3-13(9-16(14)19-15)7-8-18(17(20)21)10-22-12-23-11-18;1-7(2)10(18)12(20)15-8(3)13(21)17-6-4-5-9(16-17)11(14)19/h3-9H,2,10-12H2,1H3,(H,20,21);7-10,16,18H,4-6H2,1-3H3,(H2,14,19)(H,15,20)/b8-7+;. The summed E-state index contributed by atoms with van der Waals surface area (Å²) in [5.41, 5.74) is 9.69. The third-order valence-corrected chi connectivity index (χ3v) is 7.47. The minimum Gasteiger partial charge on any atom is -0.480 e. The molecule has 2 fully saturated rings. The van der Waals surface area contributed by atoms with Gasteiger partial charge in [-0.1, -0.05) is 51.1 Å². The summed E-state index contributed by atoms with van der Waals surface area (Å²) < 4.78 is 10.3. The fourth-order valence-electron chi connectivity index (χ4n) is 4.62. The number of nitrogens with one attached hydrogen (secondary N) is 2. The first-order valence-corrected chi connectivity index (χ1v) is 14.7. The predicted octanol–water partition coefficient (Wildman–Crippen LogP) is 1.37. The average Bonchev–Trinajstić information content (AvgIpc) is 3.03. The van der Waals surface area contributed by atoms with Crippen molar-refractivity contribution in [1.82, 2.24) is 20.7 Å². The minimum atomic E-state index is -1.16. The molecular weight excluding hydrogens is 570 g/mol. The van der Waals surface area contributed by atoms with E-state index in [1.807, 2.05) is 24.3 Å². The fraction of sp³-hybridized carbons (Fsp3) is 0.516. The molecule has 2 aliphatic heterocycles. The maximum absolute atomic E-state index is 12.2. The second kappa shape index (κ2) is 15.7. The molecule has 1 aromatic heterocycles. The third kappa shape index (κ3) is 9.05. The van der Waals surface area contributed by atoms with Gasteiger partial charge in [-0.25, -0.2) is 5.43 Å². The first-order chi connectivity index (χ1) is 20.9. The topological polar surface area (TPSA) is 193 Å². The second-order valence-corrected chi connectivity index (χ2v) is 11.4. The van der Waals surface area contributed by atoms with Gasteiger partial charge in [0.2, 0.25) is 11.8 Å². The number of pyridine rings is 1. The largest absolute Gasteiger partial charge is 0.480 e. The molecular formula is C31H43N5O8. The van der Waals surface area contributed by atoms with Crippen molar-refractivity contribution in [2.75, 3.05) is 26.6 Å². The van der Waals surface area contributed by atoms with Gasteiger partial charge in [-0.3, -0.25) is 29.2 Å². The molecule has 1 aromatic carbocycles. The van der Waals surface area contributed by atoms with Crippen molar-refractivity contribution in [2.24, 2.45) is 17.1 Å². The number of aromatic nitrogens is 1. The van der Waals surface area contributed by atoms with Crippen molar-refractivity contribution >= 4 is 40.7 Å². The highest BCUT2D eigenvalue weighted by molar-refractivity contribution is 5.89. The summed E-state index contributed by atoms with van der Waals surface area (Å²) in [5, 5.41) is 23.9. The number of fused-ring (bicyclic) bond motifs is 1. The maximum Gasteiger partial charge on any atom is 0.318 e. The molecule has 4 rings (SSSR count). The number of ether oxygens (including phenoxy) is 2. The zero-order chi connectivity index (χ0) is 32.4.